The Hall–Kier alpha value is -3.59. The number of aromatic amines is 1. The zero-order chi connectivity index (χ0) is 19.3. The first kappa shape index (κ1) is 17.8. The fourth-order valence-corrected chi connectivity index (χ4v) is 3.21. The Morgan fingerprint density at radius 2 is 2.11 bits per heavy atom. The SMILES string of the molecule is Cc1nc(COc2cccc(C(=O)Nc3ccccc3-c3nn[nH]n3)c2)cs1. The molecule has 0 saturated carbocycles. The van der Waals surface area contributed by atoms with Gasteiger partial charge in [0.1, 0.15) is 12.4 Å². The number of amides is 1. The van der Waals surface area contributed by atoms with E-state index < -0.39 is 0 Å². The number of aryl methyl sites for hydroxylation is 1. The lowest BCUT2D eigenvalue weighted by Gasteiger charge is -2.10. The van der Waals surface area contributed by atoms with Crippen LogP contribution < -0.4 is 10.1 Å². The highest BCUT2D eigenvalue weighted by Gasteiger charge is 2.13. The Bertz CT molecular complexity index is 1090. The lowest BCUT2D eigenvalue weighted by Crippen LogP contribution is -2.13. The van der Waals surface area contributed by atoms with Crippen molar-refractivity contribution in [1.82, 2.24) is 25.6 Å². The number of ether oxygens (including phenoxy) is 1. The number of nitrogens with zero attached hydrogens (tertiary/aromatic N) is 4. The van der Waals surface area contributed by atoms with Crippen LogP contribution in [0.25, 0.3) is 11.4 Å². The Morgan fingerprint density at radius 3 is 2.89 bits per heavy atom. The molecule has 9 heteroatoms. The molecule has 0 radical (unpaired) electrons. The molecule has 0 fully saturated rings. The lowest BCUT2D eigenvalue weighted by molar-refractivity contribution is 0.102. The van der Waals surface area contributed by atoms with E-state index in [-0.39, 0.29) is 5.91 Å². The van der Waals surface area contributed by atoms with Crippen LogP contribution in [0.3, 0.4) is 0 Å². The fourth-order valence-electron chi connectivity index (χ4n) is 2.62. The molecule has 28 heavy (non-hydrogen) atoms. The van der Waals surface area contributed by atoms with Gasteiger partial charge in [-0.3, -0.25) is 4.79 Å². The summed E-state index contributed by atoms with van der Waals surface area (Å²) in [5.74, 6) is 0.752. The predicted molar refractivity (Wildman–Crippen MR) is 105 cm³/mol. The molecule has 0 bridgehead atoms. The summed E-state index contributed by atoms with van der Waals surface area (Å²) in [5, 5.41) is 19.8. The maximum Gasteiger partial charge on any atom is 0.255 e. The number of nitrogens with one attached hydrogen (secondary N) is 2. The van der Waals surface area contributed by atoms with Crippen molar-refractivity contribution in [2.75, 3.05) is 5.32 Å². The van der Waals surface area contributed by atoms with Gasteiger partial charge in [0.05, 0.1) is 16.4 Å². The van der Waals surface area contributed by atoms with Crippen molar-refractivity contribution in [2.24, 2.45) is 0 Å². The molecule has 4 rings (SSSR count). The van der Waals surface area contributed by atoms with Crippen molar-refractivity contribution >= 4 is 22.9 Å². The molecule has 2 aromatic carbocycles. The third kappa shape index (κ3) is 4.04. The zero-order valence-electron chi connectivity index (χ0n) is 14.9. The molecule has 0 spiro atoms. The molecule has 4 aromatic rings. The molecular formula is C19H16N6O2S. The minimum atomic E-state index is -0.258. The van der Waals surface area contributed by atoms with E-state index in [1.54, 1.807) is 35.6 Å². The molecule has 0 unspecified atom stereocenters. The summed E-state index contributed by atoms with van der Waals surface area (Å²) in [4.78, 5) is 17.1. The second kappa shape index (κ2) is 7.97. The van der Waals surface area contributed by atoms with Crippen molar-refractivity contribution in [3.8, 4) is 17.1 Å². The van der Waals surface area contributed by atoms with E-state index in [4.69, 9.17) is 4.74 Å². The van der Waals surface area contributed by atoms with Crippen LogP contribution in [-0.4, -0.2) is 31.5 Å². The number of carbonyl (C=O) groups is 1. The van der Waals surface area contributed by atoms with Gasteiger partial charge in [-0.15, -0.1) is 21.5 Å². The standard InChI is InChI=1S/C19H16N6O2S/c1-12-20-14(11-28-12)10-27-15-6-4-5-13(9-15)19(26)21-17-8-3-2-7-16(17)18-22-24-25-23-18/h2-9,11H,10H2,1H3,(H,21,26)(H,22,23,24,25). The number of rotatable bonds is 6. The molecule has 0 atom stereocenters. The molecular weight excluding hydrogens is 376 g/mol. The Labute approximate surface area is 164 Å². The average molecular weight is 392 g/mol. The highest BCUT2D eigenvalue weighted by molar-refractivity contribution is 7.09. The van der Waals surface area contributed by atoms with Gasteiger partial charge in [-0.1, -0.05) is 18.2 Å². The van der Waals surface area contributed by atoms with E-state index in [1.807, 2.05) is 36.6 Å². The van der Waals surface area contributed by atoms with Crippen LogP contribution in [0.5, 0.6) is 5.75 Å². The average Bonchev–Trinajstić information content (AvgIpc) is 3.39. The molecule has 0 aliphatic heterocycles. The number of tetrazole rings is 1. The summed E-state index contributed by atoms with van der Waals surface area (Å²) >= 11 is 1.58. The minimum absolute atomic E-state index is 0.258. The highest BCUT2D eigenvalue weighted by atomic mass is 32.1. The van der Waals surface area contributed by atoms with Crippen LogP contribution in [0, 0.1) is 6.92 Å². The van der Waals surface area contributed by atoms with Crippen molar-refractivity contribution < 1.29 is 9.53 Å². The third-order valence-corrected chi connectivity index (χ3v) is 4.73. The first-order valence-electron chi connectivity index (χ1n) is 8.47. The second-order valence-corrected chi connectivity index (χ2v) is 6.97. The van der Waals surface area contributed by atoms with Gasteiger partial charge in [-0.25, -0.2) is 4.98 Å². The Kier molecular flexibility index (Phi) is 5.07. The van der Waals surface area contributed by atoms with Gasteiger partial charge in [0, 0.05) is 16.5 Å². The van der Waals surface area contributed by atoms with Crippen molar-refractivity contribution in [2.45, 2.75) is 13.5 Å². The summed E-state index contributed by atoms with van der Waals surface area (Å²) in [6, 6.07) is 14.3. The molecule has 0 aliphatic rings. The highest BCUT2D eigenvalue weighted by Crippen LogP contribution is 2.25. The summed E-state index contributed by atoms with van der Waals surface area (Å²) < 4.78 is 5.76. The molecule has 1 amide bonds. The van der Waals surface area contributed by atoms with Crippen LogP contribution in [0.15, 0.2) is 53.9 Å². The van der Waals surface area contributed by atoms with Crippen LogP contribution in [-0.2, 0) is 6.61 Å². The van der Waals surface area contributed by atoms with Crippen LogP contribution in [0.2, 0.25) is 0 Å². The Balaban J connectivity index is 1.48. The quantitative estimate of drug-likeness (QED) is 0.520. The number of carbonyl (C=O) groups excluding carboxylic acids is 1. The van der Waals surface area contributed by atoms with Crippen molar-refractivity contribution in [1.29, 1.82) is 0 Å². The van der Waals surface area contributed by atoms with Gasteiger partial charge in [-0.05, 0) is 42.5 Å². The number of benzene rings is 2. The lowest BCUT2D eigenvalue weighted by atomic mass is 10.1. The van der Waals surface area contributed by atoms with Gasteiger partial charge >= 0.3 is 0 Å². The second-order valence-electron chi connectivity index (χ2n) is 5.91. The number of anilines is 1. The van der Waals surface area contributed by atoms with E-state index in [0.29, 0.717) is 35.0 Å². The maximum atomic E-state index is 12.7. The first-order valence-corrected chi connectivity index (χ1v) is 9.35. The molecule has 8 nitrogen and oxygen atoms in total. The third-order valence-electron chi connectivity index (χ3n) is 3.91. The summed E-state index contributed by atoms with van der Waals surface area (Å²) in [6.45, 7) is 2.31. The Morgan fingerprint density at radius 1 is 1.21 bits per heavy atom. The summed E-state index contributed by atoms with van der Waals surface area (Å²) in [5.41, 5.74) is 2.62. The predicted octanol–water partition coefficient (Wildman–Crippen LogP) is 3.46. The van der Waals surface area contributed by atoms with Gasteiger partial charge < -0.3 is 10.1 Å². The van der Waals surface area contributed by atoms with E-state index in [9.17, 15) is 4.79 Å². The van der Waals surface area contributed by atoms with E-state index in [0.717, 1.165) is 10.7 Å². The monoisotopic (exact) mass is 392 g/mol. The molecule has 2 aromatic heterocycles. The molecule has 2 N–H and O–H groups in total. The minimum Gasteiger partial charge on any atom is -0.487 e. The molecule has 2 heterocycles. The number of thiazole rings is 1. The largest absolute Gasteiger partial charge is 0.487 e. The van der Waals surface area contributed by atoms with Crippen molar-refractivity contribution in [3.63, 3.8) is 0 Å². The van der Waals surface area contributed by atoms with E-state index in [1.165, 1.54) is 0 Å². The molecule has 0 saturated heterocycles. The van der Waals surface area contributed by atoms with Crippen LogP contribution in [0.1, 0.15) is 21.1 Å². The fraction of sp³-hybridized carbons (Fsp3) is 0.105. The number of hydrogen-bond donors (Lipinski definition) is 2. The van der Waals surface area contributed by atoms with E-state index in [2.05, 4.69) is 30.9 Å². The van der Waals surface area contributed by atoms with E-state index >= 15 is 0 Å². The number of H-pyrrole nitrogens is 1. The summed E-state index contributed by atoms with van der Waals surface area (Å²) in [7, 11) is 0. The maximum absolute atomic E-state index is 12.7. The number of aromatic nitrogens is 5. The van der Waals surface area contributed by atoms with Gasteiger partial charge in [0.15, 0.2) is 0 Å². The van der Waals surface area contributed by atoms with Gasteiger partial charge in [0.2, 0.25) is 5.82 Å². The smallest absolute Gasteiger partial charge is 0.255 e. The number of hydrogen-bond acceptors (Lipinski definition) is 7. The first-order chi connectivity index (χ1) is 13.7. The van der Waals surface area contributed by atoms with Crippen LogP contribution >= 0.6 is 11.3 Å². The van der Waals surface area contributed by atoms with Crippen LogP contribution in [0.4, 0.5) is 5.69 Å². The summed E-state index contributed by atoms with van der Waals surface area (Å²) in [6.07, 6.45) is 0. The molecule has 140 valence electrons. The van der Waals surface area contributed by atoms with Gasteiger partial charge in [0.25, 0.3) is 5.91 Å². The molecule has 0 aliphatic carbocycles. The van der Waals surface area contributed by atoms with Crippen molar-refractivity contribution in [3.05, 3.63) is 70.2 Å². The normalized spacial score (nSPS) is 10.6. The zero-order valence-corrected chi connectivity index (χ0v) is 15.7. The van der Waals surface area contributed by atoms with Gasteiger partial charge in [-0.2, -0.15) is 5.21 Å². The number of para-hydroxylation sites is 1. The topological polar surface area (TPSA) is 106 Å².